The molecule has 0 radical (unpaired) electrons. The lowest BCUT2D eigenvalue weighted by Crippen LogP contribution is -2.51. The lowest BCUT2D eigenvalue weighted by atomic mass is 9.76. The van der Waals surface area contributed by atoms with Crippen LogP contribution in [0.5, 0.6) is 5.75 Å². The summed E-state index contributed by atoms with van der Waals surface area (Å²) in [6.07, 6.45) is 1.47. The van der Waals surface area contributed by atoms with Gasteiger partial charge in [0.05, 0.1) is 11.5 Å². The first-order valence-corrected chi connectivity index (χ1v) is 14.3. The summed E-state index contributed by atoms with van der Waals surface area (Å²) in [5.41, 5.74) is 1.23. The molecule has 0 aliphatic carbocycles. The normalized spacial score (nSPS) is 19.3. The molecule has 2 aromatic rings. The van der Waals surface area contributed by atoms with E-state index in [1.54, 1.807) is 16.4 Å². The predicted octanol–water partition coefficient (Wildman–Crippen LogP) is 3.97. The Kier molecular flexibility index (Phi) is 8.29. The molecule has 0 spiro atoms. The Balaban J connectivity index is 1.50. The molecule has 4 rings (SSSR count). The van der Waals surface area contributed by atoms with Crippen LogP contribution in [0.15, 0.2) is 47.4 Å². The van der Waals surface area contributed by atoms with Gasteiger partial charge in [-0.2, -0.15) is 4.31 Å². The second-order valence-electron chi connectivity index (χ2n) is 10.2. The molecule has 0 atom stereocenters. The Bertz CT molecular complexity index is 1190. The van der Waals surface area contributed by atoms with E-state index in [1.807, 2.05) is 49.1 Å². The third-order valence-electron chi connectivity index (χ3n) is 7.55. The number of aryl methyl sites for hydroxylation is 2. The molecule has 1 amide bonds. The van der Waals surface area contributed by atoms with E-state index in [-0.39, 0.29) is 5.91 Å². The average molecular weight is 534 g/mol. The van der Waals surface area contributed by atoms with Crippen LogP contribution in [0.4, 0.5) is 0 Å². The minimum absolute atomic E-state index is 0.120. The van der Waals surface area contributed by atoms with Crippen molar-refractivity contribution in [3.05, 3.63) is 58.6 Å². The second kappa shape index (κ2) is 11.1. The van der Waals surface area contributed by atoms with Gasteiger partial charge < -0.3 is 14.5 Å². The third kappa shape index (κ3) is 6.05. The van der Waals surface area contributed by atoms with E-state index >= 15 is 0 Å². The Morgan fingerprint density at radius 2 is 1.64 bits per heavy atom. The molecule has 2 aromatic carbocycles. The first-order chi connectivity index (χ1) is 17.1. The number of amides is 1. The van der Waals surface area contributed by atoms with E-state index in [2.05, 4.69) is 11.9 Å². The van der Waals surface area contributed by atoms with E-state index < -0.39 is 15.4 Å². The molecule has 2 fully saturated rings. The summed E-state index contributed by atoms with van der Waals surface area (Å²) < 4.78 is 34.5. The van der Waals surface area contributed by atoms with Crippen LogP contribution in [0.3, 0.4) is 0 Å². The molecule has 196 valence electrons. The van der Waals surface area contributed by atoms with E-state index in [4.69, 9.17) is 16.3 Å². The lowest BCUT2D eigenvalue weighted by molar-refractivity contribution is -0.136. The number of hydrogen-bond donors (Lipinski definition) is 0. The zero-order chi connectivity index (χ0) is 25.9. The van der Waals surface area contributed by atoms with Crippen LogP contribution < -0.4 is 4.74 Å². The van der Waals surface area contributed by atoms with Crippen molar-refractivity contribution < 1.29 is 17.9 Å². The predicted molar refractivity (Wildman–Crippen MR) is 142 cm³/mol. The van der Waals surface area contributed by atoms with Crippen molar-refractivity contribution in [2.45, 2.75) is 38.0 Å². The fourth-order valence-electron chi connectivity index (χ4n) is 4.99. The SMILES string of the molecule is Cc1cc(OCC2(CC(=O)N3CCN(C)CC3)CCN(S(=O)(=O)c3ccccc3C)CC2)ccc1Cl. The zero-order valence-corrected chi connectivity index (χ0v) is 22.9. The van der Waals surface area contributed by atoms with Crippen molar-refractivity contribution in [1.29, 1.82) is 0 Å². The summed E-state index contributed by atoms with van der Waals surface area (Å²) in [5, 5.41) is 0.678. The van der Waals surface area contributed by atoms with Crippen LogP contribution in [-0.4, -0.2) is 81.4 Å². The Morgan fingerprint density at radius 1 is 0.972 bits per heavy atom. The number of benzene rings is 2. The van der Waals surface area contributed by atoms with Crippen molar-refractivity contribution in [2.24, 2.45) is 5.41 Å². The largest absolute Gasteiger partial charge is 0.493 e. The maximum absolute atomic E-state index is 13.4. The van der Waals surface area contributed by atoms with Gasteiger partial charge in [0.1, 0.15) is 5.75 Å². The van der Waals surface area contributed by atoms with Gasteiger partial charge in [-0.3, -0.25) is 4.79 Å². The number of nitrogens with zero attached hydrogens (tertiary/aromatic N) is 3. The molecule has 2 heterocycles. The van der Waals surface area contributed by atoms with Crippen LogP contribution in [0, 0.1) is 19.3 Å². The molecular formula is C27H36ClN3O4S. The van der Waals surface area contributed by atoms with Gasteiger partial charge in [0.15, 0.2) is 0 Å². The topological polar surface area (TPSA) is 70.2 Å². The number of piperidine rings is 1. The number of carbonyl (C=O) groups excluding carboxylic acids is 1. The monoisotopic (exact) mass is 533 g/mol. The van der Waals surface area contributed by atoms with Crippen LogP contribution in [0.1, 0.15) is 30.4 Å². The number of sulfonamides is 1. The van der Waals surface area contributed by atoms with Gasteiger partial charge in [0.25, 0.3) is 0 Å². The molecule has 2 aliphatic heterocycles. The van der Waals surface area contributed by atoms with Gasteiger partial charge in [-0.25, -0.2) is 8.42 Å². The molecule has 2 aliphatic rings. The Labute approximate surface area is 220 Å². The highest BCUT2D eigenvalue weighted by atomic mass is 35.5. The van der Waals surface area contributed by atoms with Crippen molar-refractivity contribution in [1.82, 2.24) is 14.1 Å². The fourth-order valence-corrected chi connectivity index (χ4v) is 6.77. The molecule has 9 heteroatoms. The highest BCUT2D eigenvalue weighted by Gasteiger charge is 2.42. The fraction of sp³-hybridized carbons (Fsp3) is 0.519. The van der Waals surface area contributed by atoms with Gasteiger partial charge in [-0.15, -0.1) is 0 Å². The maximum Gasteiger partial charge on any atom is 0.243 e. The number of carbonyl (C=O) groups is 1. The molecule has 7 nitrogen and oxygen atoms in total. The van der Waals surface area contributed by atoms with Crippen LogP contribution in [0.25, 0.3) is 0 Å². The summed E-state index contributed by atoms with van der Waals surface area (Å²) in [4.78, 5) is 17.8. The molecule has 0 bridgehead atoms. The molecular weight excluding hydrogens is 498 g/mol. The first kappa shape index (κ1) is 26.9. The lowest BCUT2D eigenvalue weighted by Gasteiger charge is -2.42. The Hall–Kier alpha value is -2.13. The van der Waals surface area contributed by atoms with Crippen molar-refractivity contribution in [3.8, 4) is 5.75 Å². The van der Waals surface area contributed by atoms with Crippen LogP contribution in [-0.2, 0) is 14.8 Å². The Morgan fingerprint density at radius 3 is 2.28 bits per heavy atom. The van der Waals surface area contributed by atoms with Gasteiger partial charge in [-0.1, -0.05) is 29.8 Å². The summed E-state index contributed by atoms with van der Waals surface area (Å²) >= 11 is 6.17. The summed E-state index contributed by atoms with van der Waals surface area (Å²) in [5.74, 6) is 0.826. The highest BCUT2D eigenvalue weighted by molar-refractivity contribution is 7.89. The van der Waals surface area contributed by atoms with Crippen molar-refractivity contribution >= 4 is 27.5 Å². The van der Waals surface area contributed by atoms with Gasteiger partial charge in [0.2, 0.25) is 15.9 Å². The molecule has 0 saturated carbocycles. The summed E-state index contributed by atoms with van der Waals surface area (Å²) in [7, 11) is -1.53. The molecule has 2 saturated heterocycles. The number of hydrogen-bond acceptors (Lipinski definition) is 5. The minimum Gasteiger partial charge on any atom is -0.493 e. The number of likely N-dealkylation sites (N-methyl/N-ethyl adjacent to an activating group) is 1. The number of ether oxygens (including phenoxy) is 1. The van der Waals surface area contributed by atoms with Gasteiger partial charge >= 0.3 is 0 Å². The number of rotatable bonds is 7. The zero-order valence-electron chi connectivity index (χ0n) is 21.4. The standard InChI is InChI=1S/C27H36ClN3O4S/c1-21-6-4-5-7-25(21)36(33,34)31-12-10-27(11-13-31,19-26(32)30-16-14-29(3)15-17-30)20-35-23-8-9-24(28)22(2)18-23/h4-9,18H,10-17,19-20H2,1-3H3. The smallest absolute Gasteiger partial charge is 0.243 e. The molecule has 0 aromatic heterocycles. The minimum atomic E-state index is -3.60. The second-order valence-corrected chi connectivity index (χ2v) is 12.5. The maximum atomic E-state index is 13.4. The summed E-state index contributed by atoms with van der Waals surface area (Å²) in [6, 6.07) is 12.6. The van der Waals surface area contributed by atoms with Crippen LogP contribution in [0.2, 0.25) is 5.02 Å². The highest BCUT2D eigenvalue weighted by Crippen LogP contribution is 2.39. The molecule has 36 heavy (non-hydrogen) atoms. The number of halogens is 1. The quantitative estimate of drug-likeness (QED) is 0.538. The van der Waals surface area contributed by atoms with E-state index in [0.29, 0.717) is 54.6 Å². The molecule has 0 unspecified atom stereocenters. The van der Waals surface area contributed by atoms with Crippen molar-refractivity contribution in [3.63, 3.8) is 0 Å². The third-order valence-corrected chi connectivity index (χ3v) is 10.0. The van der Waals surface area contributed by atoms with Gasteiger partial charge in [-0.05, 0) is 69.1 Å². The van der Waals surface area contributed by atoms with Crippen LogP contribution >= 0.6 is 11.6 Å². The van der Waals surface area contributed by atoms with E-state index in [0.717, 1.165) is 37.3 Å². The average Bonchev–Trinajstić information content (AvgIpc) is 2.85. The molecule has 0 N–H and O–H groups in total. The summed E-state index contributed by atoms with van der Waals surface area (Å²) in [6.45, 7) is 7.97. The number of piperazine rings is 1. The first-order valence-electron chi connectivity index (χ1n) is 12.5. The van der Waals surface area contributed by atoms with E-state index in [1.165, 1.54) is 0 Å². The van der Waals surface area contributed by atoms with E-state index in [9.17, 15) is 13.2 Å². The van der Waals surface area contributed by atoms with Gasteiger partial charge in [0, 0.05) is 56.1 Å². The van der Waals surface area contributed by atoms with Crippen molar-refractivity contribution in [2.75, 3.05) is 52.9 Å².